The summed E-state index contributed by atoms with van der Waals surface area (Å²) in [7, 11) is 0. The number of hydrogen-bond acceptors (Lipinski definition) is 4. The first-order valence-electron chi connectivity index (χ1n) is 8.86. The number of benzene rings is 2. The lowest BCUT2D eigenvalue weighted by molar-refractivity contribution is -0.126. The van der Waals surface area contributed by atoms with E-state index in [1.165, 1.54) is 12.1 Å². The Bertz CT molecular complexity index is 1070. The molecule has 2 aromatic carbocycles. The second-order valence-electron chi connectivity index (χ2n) is 7.18. The Morgan fingerprint density at radius 3 is 2.50 bits per heavy atom. The maximum atomic E-state index is 13.7. The number of nitrogens with one attached hydrogen (secondary N) is 1. The van der Waals surface area contributed by atoms with Crippen LogP contribution in [0.1, 0.15) is 15.9 Å². The number of carbonyl (C=O) groups is 3. The predicted molar refractivity (Wildman–Crippen MR) is 101 cm³/mol. The van der Waals surface area contributed by atoms with Crippen molar-refractivity contribution in [3.63, 3.8) is 0 Å². The standard InChI is InChI=1S/C21H14ClFN2O3/c22-12-4-1-10(2-5-12)19(26)18-17-16(20(27)24-21(17)28)15-7-3-11-9-13(23)6-8-14(11)25(15)18/h1-9,15-18H,(H,24,27,28)/t15-,16-,17-,18-/m1/s1. The Morgan fingerprint density at radius 2 is 1.75 bits per heavy atom. The molecule has 5 rings (SSSR count). The quantitative estimate of drug-likeness (QED) is 0.626. The minimum atomic E-state index is -0.864. The van der Waals surface area contributed by atoms with E-state index in [0.717, 1.165) is 0 Å². The fourth-order valence-electron chi connectivity index (χ4n) is 4.55. The van der Waals surface area contributed by atoms with E-state index in [1.807, 2.05) is 0 Å². The average Bonchev–Trinajstić information content (AvgIpc) is 3.17. The predicted octanol–water partition coefficient (Wildman–Crippen LogP) is 2.83. The Balaban J connectivity index is 1.66. The Labute approximate surface area is 164 Å². The lowest BCUT2D eigenvalue weighted by Crippen LogP contribution is -2.47. The molecule has 2 fully saturated rings. The third-order valence-electron chi connectivity index (χ3n) is 5.71. The van der Waals surface area contributed by atoms with Gasteiger partial charge in [0.2, 0.25) is 11.8 Å². The zero-order valence-electron chi connectivity index (χ0n) is 14.4. The van der Waals surface area contributed by atoms with E-state index in [2.05, 4.69) is 5.32 Å². The highest BCUT2D eigenvalue weighted by Crippen LogP contribution is 2.47. The lowest BCUT2D eigenvalue weighted by atomic mass is 9.86. The van der Waals surface area contributed by atoms with Crippen LogP contribution < -0.4 is 10.2 Å². The van der Waals surface area contributed by atoms with Gasteiger partial charge in [0.1, 0.15) is 11.9 Å². The third kappa shape index (κ3) is 2.34. The molecule has 0 unspecified atom stereocenters. The molecule has 3 aliphatic rings. The first kappa shape index (κ1) is 17.1. The molecule has 4 atom stereocenters. The summed E-state index contributed by atoms with van der Waals surface area (Å²) in [6.07, 6.45) is 3.51. The summed E-state index contributed by atoms with van der Waals surface area (Å²) in [5, 5.41) is 2.85. The van der Waals surface area contributed by atoms with Crippen molar-refractivity contribution in [3.05, 3.63) is 70.5 Å². The van der Waals surface area contributed by atoms with E-state index in [9.17, 15) is 18.8 Å². The Kier molecular flexibility index (Phi) is 3.67. The first-order chi connectivity index (χ1) is 13.5. The fraction of sp³-hybridized carbons (Fsp3) is 0.190. The van der Waals surface area contributed by atoms with Crippen LogP contribution in [0.3, 0.4) is 0 Å². The number of anilines is 1. The molecule has 1 N–H and O–H groups in total. The zero-order valence-corrected chi connectivity index (χ0v) is 15.2. The number of rotatable bonds is 2. The smallest absolute Gasteiger partial charge is 0.233 e. The molecular formula is C21H14ClFN2O3. The molecule has 3 aliphatic heterocycles. The van der Waals surface area contributed by atoms with Crippen LogP contribution in [0.25, 0.3) is 6.08 Å². The summed E-state index contributed by atoms with van der Waals surface area (Å²) in [6.45, 7) is 0. The number of Topliss-reactive ketones (excluding diaryl/α,β-unsaturated/α-hetero) is 1. The number of nitrogens with zero attached hydrogens (tertiary/aromatic N) is 1. The summed E-state index contributed by atoms with van der Waals surface area (Å²) in [5.41, 5.74) is 1.65. The molecule has 140 valence electrons. The molecule has 0 radical (unpaired) electrons. The van der Waals surface area contributed by atoms with Crippen LogP contribution in [0.5, 0.6) is 0 Å². The summed E-state index contributed by atoms with van der Waals surface area (Å²) < 4.78 is 13.7. The van der Waals surface area contributed by atoms with E-state index in [0.29, 0.717) is 21.8 Å². The van der Waals surface area contributed by atoms with Gasteiger partial charge in [-0.25, -0.2) is 4.39 Å². The van der Waals surface area contributed by atoms with Crippen LogP contribution in [0, 0.1) is 17.7 Å². The largest absolute Gasteiger partial charge is 0.352 e. The minimum Gasteiger partial charge on any atom is -0.352 e. The van der Waals surface area contributed by atoms with Gasteiger partial charge in [-0.1, -0.05) is 23.8 Å². The van der Waals surface area contributed by atoms with Crippen LogP contribution in [0.15, 0.2) is 48.5 Å². The number of hydrogen-bond donors (Lipinski definition) is 1. The monoisotopic (exact) mass is 396 g/mol. The molecule has 0 aromatic heterocycles. The van der Waals surface area contributed by atoms with Crippen LogP contribution in [-0.4, -0.2) is 29.7 Å². The lowest BCUT2D eigenvalue weighted by Gasteiger charge is -2.35. The summed E-state index contributed by atoms with van der Waals surface area (Å²) in [6, 6.07) is 9.40. The van der Waals surface area contributed by atoms with Crippen molar-refractivity contribution in [2.75, 3.05) is 4.90 Å². The molecule has 0 saturated carbocycles. The summed E-state index contributed by atoms with van der Waals surface area (Å²) >= 11 is 5.92. The van der Waals surface area contributed by atoms with Crippen molar-refractivity contribution >= 4 is 41.0 Å². The highest BCUT2D eigenvalue weighted by molar-refractivity contribution is 6.30. The van der Waals surface area contributed by atoms with Gasteiger partial charge in [0.05, 0.1) is 17.9 Å². The summed E-state index contributed by atoms with van der Waals surface area (Å²) in [5.74, 6) is -2.97. The van der Waals surface area contributed by atoms with E-state index in [1.54, 1.807) is 47.4 Å². The number of fused-ring (bicyclic) bond motifs is 5. The molecule has 2 aromatic rings. The topological polar surface area (TPSA) is 66.5 Å². The van der Waals surface area contributed by atoms with Crippen LogP contribution in [0.2, 0.25) is 5.02 Å². The van der Waals surface area contributed by atoms with E-state index in [-0.39, 0.29) is 11.7 Å². The maximum absolute atomic E-state index is 13.7. The first-order valence-corrected chi connectivity index (χ1v) is 9.24. The number of imide groups is 1. The van der Waals surface area contributed by atoms with Crippen molar-refractivity contribution in [1.82, 2.24) is 5.32 Å². The molecule has 2 saturated heterocycles. The van der Waals surface area contributed by atoms with Crippen molar-refractivity contribution in [2.24, 2.45) is 11.8 Å². The zero-order chi connectivity index (χ0) is 19.6. The van der Waals surface area contributed by atoms with Gasteiger partial charge in [0, 0.05) is 21.8 Å². The van der Waals surface area contributed by atoms with Crippen molar-refractivity contribution in [2.45, 2.75) is 12.1 Å². The van der Waals surface area contributed by atoms with Gasteiger partial charge in [-0.2, -0.15) is 0 Å². The normalized spacial score (nSPS) is 27.3. The SMILES string of the molecule is O=C1NC(=O)[C@H]2[C@@H]1[C@H](C(=O)c1ccc(Cl)cc1)N1c3ccc(F)cc3C=C[C@H]21. The molecular weight excluding hydrogens is 383 g/mol. The van der Waals surface area contributed by atoms with Gasteiger partial charge in [0.15, 0.2) is 5.78 Å². The molecule has 0 spiro atoms. The van der Waals surface area contributed by atoms with Crippen molar-refractivity contribution in [3.8, 4) is 0 Å². The minimum absolute atomic E-state index is 0.274. The van der Waals surface area contributed by atoms with Gasteiger partial charge in [0.25, 0.3) is 0 Å². The van der Waals surface area contributed by atoms with Gasteiger partial charge in [-0.15, -0.1) is 0 Å². The second-order valence-corrected chi connectivity index (χ2v) is 7.62. The van der Waals surface area contributed by atoms with Gasteiger partial charge >= 0.3 is 0 Å². The Hall–Kier alpha value is -2.99. The molecule has 2 amide bonds. The van der Waals surface area contributed by atoms with Gasteiger partial charge < -0.3 is 4.90 Å². The summed E-state index contributed by atoms with van der Waals surface area (Å²) in [4.78, 5) is 40.2. The van der Waals surface area contributed by atoms with Crippen LogP contribution in [-0.2, 0) is 9.59 Å². The van der Waals surface area contributed by atoms with E-state index < -0.39 is 35.6 Å². The third-order valence-corrected chi connectivity index (χ3v) is 5.96. The molecule has 5 nitrogen and oxygen atoms in total. The molecule has 7 heteroatoms. The van der Waals surface area contributed by atoms with E-state index >= 15 is 0 Å². The number of ketones is 1. The number of carbonyl (C=O) groups excluding carboxylic acids is 3. The van der Waals surface area contributed by atoms with Crippen molar-refractivity contribution in [1.29, 1.82) is 0 Å². The second kappa shape index (κ2) is 6.01. The molecule has 3 heterocycles. The van der Waals surface area contributed by atoms with Gasteiger partial charge in [-0.05, 0) is 42.5 Å². The molecule has 0 bridgehead atoms. The van der Waals surface area contributed by atoms with E-state index in [4.69, 9.17) is 11.6 Å². The van der Waals surface area contributed by atoms with Gasteiger partial charge in [-0.3, -0.25) is 19.7 Å². The number of amides is 2. The average molecular weight is 397 g/mol. The number of halogens is 2. The van der Waals surface area contributed by atoms with Crippen LogP contribution in [0.4, 0.5) is 10.1 Å². The fourth-order valence-corrected chi connectivity index (χ4v) is 4.67. The highest BCUT2D eigenvalue weighted by atomic mass is 35.5. The molecule has 0 aliphatic carbocycles. The maximum Gasteiger partial charge on any atom is 0.233 e. The Morgan fingerprint density at radius 1 is 1.04 bits per heavy atom. The van der Waals surface area contributed by atoms with Crippen LogP contribution >= 0.6 is 11.6 Å². The van der Waals surface area contributed by atoms with Crippen molar-refractivity contribution < 1.29 is 18.8 Å². The highest BCUT2D eigenvalue weighted by Gasteiger charge is 2.61. The molecule has 28 heavy (non-hydrogen) atoms.